The van der Waals surface area contributed by atoms with Crippen LogP contribution in [0.25, 0.3) is 0 Å². The molecule has 0 amide bonds. The molecule has 0 aliphatic heterocycles. The highest BCUT2D eigenvalue weighted by atomic mass is 35.5. The molecule has 0 aliphatic carbocycles. The molecule has 4 heteroatoms. The first-order valence-corrected chi connectivity index (χ1v) is 5.57. The molecular formula is C12H13ClN2O. The van der Waals surface area contributed by atoms with Crippen molar-refractivity contribution in [2.45, 2.75) is 12.3 Å². The first kappa shape index (κ1) is 11.0. The van der Waals surface area contributed by atoms with Gasteiger partial charge in [-0.1, -0.05) is 12.1 Å². The Kier molecular flexibility index (Phi) is 3.47. The maximum absolute atomic E-state index is 5.70. The van der Waals surface area contributed by atoms with Gasteiger partial charge in [-0.15, -0.1) is 11.6 Å². The van der Waals surface area contributed by atoms with E-state index in [0.29, 0.717) is 5.88 Å². The van der Waals surface area contributed by atoms with E-state index in [0.717, 1.165) is 29.3 Å². The monoisotopic (exact) mass is 236 g/mol. The lowest BCUT2D eigenvalue weighted by molar-refractivity contribution is 0.414. The first-order chi connectivity index (χ1) is 7.81. The average Bonchev–Trinajstić information content (AvgIpc) is 2.77. The van der Waals surface area contributed by atoms with Gasteiger partial charge in [0.1, 0.15) is 11.6 Å². The van der Waals surface area contributed by atoms with Gasteiger partial charge in [-0.25, -0.2) is 4.98 Å². The molecule has 1 heterocycles. The van der Waals surface area contributed by atoms with Crippen LogP contribution in [0.5, 0.6) is 5.75 Å². The van der Waals surface area contributed by atoms with E-state index in [2.05, 4.69) is 9.97 Å². The normalized spacial score (nSPS) is 10.4. The smallest absolute Gasteiger partial charge is 0.119 e. The molecule has 0 bridgehead atoms. The van der Waals surface area contributed by atoms with E-state index in [9.17, 15) is 0 Å². The van der Waals surface area contributed by atoms with Crippen LogP contribution in [0.15, 0.2) is 30.5 Å². The molecule has 0 atom stereocenters. The number of halogens is 1. The average molecular weight is 237 g/mol. The van der Waals surface area contributed by atoms with Gasteiger partial charge in [-0.05, 0) is 17.7 Å². The topological polar surface area (TPSA) is 37.9 Å². The summed E-state index contributed by atoms with van der Waals surface area (Å²) in [6, 6.07) is 7.95. The molecule has 0 saturated carbocycles. The fourth-order valence-electron chi connectivity index (χ4n) is 1.54. The molecular weight excluding hydrogens is 224 g/mol. The highest BCUT2D eigenvalue weighted by molar-refractivity contribution is 6.16. The Hall–Kier alpha value is -1.48. The molecule has 1 N–H and O–H groups in total. The largest absolute Gasteiger partial charge is 0.497 e. The molecule has 16 heavy (non-hydrogen) atoms. The highest BCUT2D eigenvalue weighted by Crippen LogP contribution is 2.15. The van der Waals surface area contributed by atoms with Crippen LogP contribution < -0.4 is 4.74 Å². The van der Waals surface area contributed by atoms with Crippen LogP contribution in [0.3, 0.4) is 0 Å². The van der Waals surface area contributed by atoms with Crippen LogP contribution in [-0.2, 0) is 12.3 Å². The molecule has 1 aromatic heterocycles. The summed E-state index contributed by atoms with van der Waals surface area (Å²) in [5, 5.41) is 0. The number of hydrogen-bond donors (Lipinski definition) is 1. The summed E-state index contributed by atoms with van der Waals surface area (Å²) in [7, 11) is 1.66. The summed E-state index contributed by atoms with van der Waals surface area (Å²) in [6.07, 6.45) is 2.52. The summed E-state index contributed by atoms with van der Waals surface area (Å²) in [5.74, 6) is 2.25. The summed E-state index contributed by atoms with van der Waals surface area (Å²) in [4.78, 5) is 7.42. The lowest BCUT2D eigenvalue weighted by Gasteiger charge is -2.02. The molecule has 2 aromatic rings. The van der Waals surface area contributed by atoms with Gasteiger partial charge in [0.25, 0.3) is 0 Å². The van der Waals surface area contributed by atoms with E-state index in [-0.39, 0.29) is 0 Å². The first-order valence-electron chi connectivity index (χ1n) is 5.03. The zero-order valence-electron chi connectivity index (χ0n) is 9.03. The Morgan fingerprint density at radius 3 is 3.00 bits per heavy atom. The van der Waals surface area contributed by atoms with Gasteiger partial charge in [0.2, 0.25) is 0 Å². The van der Waals surface area contributed by atoms with Gasteiger partial charge in [0.15, 0.2) is 0 Å². The lowest BCUT2D eigenvalue weighted by Crippen LogP contribution is -1.92. The Morgan fingerprint density at radius 2 is 2.31 bits per heavy atom. The Labute approximate surface area is 99.4 Å². The van der Waals surface area contributed by atoms with Crippen LogP contribution in [-0.4, -0.2) is 17.1 Å². The number of methoxy groups -OCH3 is 1. The third kappa shape index (κ3) is 2.55. The van der Waals surface area contributed by atoms with E-state index in [4.69, 9.17) is 16.3 Å². The molecule has 2 rings (SSSR count). The van der Waals surface area contributed by atoms with Crippen LogP contribution in [0.4, 0.5) is 0 Å². The van der Waals surface area contributed by atoms with Crippen molar-refractivity contribution in [1.82, 2.24) is 9.97 Å². The number of nitrogens with one attached hydrogen (secondary N) is 1. The second-order valence-corrected chi connectivity index (χ2v) is 3.78. The molecule has 0 saturated heterocycles. The molecule has 0 unspecified atom stereocenters. The van der Waals surface area contributed by atoms with Crippen molar-refractivity contribution in [3.05, 3.63) is 47.5 Å². The Bertz CT molecular complexity index is 468. The van der Waals surface area contributed by atoms with Crippen molar-refractivity contribution < 1.29 is 4.74 Å². The van der Waals surface area contributed by atoms with E-state index >= 15 is 0 Å². The SMILES string of the molecule is COc1cccc(Cc2ncc(CCl)[nH]2)c1. The Balaban J connectivity index is 2.13. The third-order valence-electron chi connectivity index (χ3n) is 2.33. The number of benzene rings is 1. The number of rotatable bonds is 4. The summed E-state index contributed by atoms with van der Waals surface area (Å²) in [6.45, 7) is 0. The van der Waals surface area contributed by atoms with E-state index in [1.807, 2.05) is 24.3 Å². The van der Waals surface area contributed by atoms with Gasteiger partial charge >= 0.3 is 0 Å². The minimum atomic E-state index is 0.463. The number of aromatic amines is 1. The van der Waals surface area contributed by atoms with Crippen molar-refractivity contribution >= 4 is 11.6 Å². The van der Waals surface area contributed by atoms with Crippen LogP contribution in [0.2, 0.25) is 0 Å². The Morgan fingerprint density at radius 1 is 1.44 bits per heavy atom. The maximum atomic E-state index is 5.70. The molecule has 1 aromatic carbocycles. The predicted molar refractivity (Wildman–Crippen MR) is 63.9 cm³/mol. The van der Waals surface area contributed by atoms with Crippen LogP contribution in [0.1, 0.15) is 17.1 Å². The fraction of sp³-hybridized carbons (Fsp3) is 0.250. The van der Waals surface area contributed by atoms with Gasteiger partial charge < -0.3 is 9.72 Å². The summed E-state index contributed by atoms with van der Waals surface area (Å²) in [5.41, 5.74) is 2.11. The number of hydrogen-bond acceptors (Lipinski definition) is 2. The van der Waals surface area contributed by atoms with Gasteiger partial charge in [0.05, 0.1) is 13.0 Å². The van der Waals surface area contributed by atoms with Crippen LogP contribution in [0, 0.1) is 0 Å². The van der Waals surface area contributed by atoms with Gasteiger partial charge in [-0.3, -0.25) is 0 Å². The number of nitrogens with zero attached hydrogens (tertiary/aromatic N) is 1. The number of H-pyrrole nitrogens is 1. The van der Waals surface area contributed by atoms with Gasteiger partial charge in [0, 0.05) is 18.3 Å². The molecule has 0 fully saturated rings. The fourth-order valence-corrected chi connectivity index (χ4v) is 1.68. The standard InChI is InChI=1S/C12H13ClN2O/c1-16-11-4-2-3-9(5-11)6-12-14-8-10(7-13)15-12/h2-5,8H,6-7H2,1H3,(H,14,15). The number of aromatic nitrogens is 2. The molecule has 0 aliphatic rings. The quantitative estimate of drug-likeness (QED) is 0.829. The van der Waals surface area contributed by atoms with Crippen LogP contribution >= 0.6 is 11.6 Å². The zero-order chi connectivity index (χ0) is 11.4. The lowest BCUT2D eigenvalue weighted by atomic mass is 10.1. The van der Waals surface area contributed by atoms with Crippen molar-refractivity contribution in [1.29, 1.82) is 0 Å². The predicted octanol–water partition coefficient (Wildman–Crippen LogP) is 2.75. The zero-order valence-corrected chi connectivity index (χ0v) is 9.79. The van der Waals surface area contributed by atoms with E-state index in [1.54, 1.807) is 13.3 Å². The van der Waals surface area contributed by atoms with E-state index in [1.165, 1.54) is 0 Å². The second-order valence-electron chi connectivity index (χ2n) is 3.52. The number of alkyl halides is 1. The second kappa shape index (κ2) is 5.03. The van der Waals surface area contributed by atoms with Gasteiger partial charge in [-0.2, -0.15) is 0 Å². The third-order valence-corrected chi connectivity index (χ3v) is 2.62. The summed E-state index contributed by atoms with van der Waals surface area (Å²) < 4.78 is 5.17. The molecule has 0 spiro atoms. The van der Waals surface area contributed by atoms with Crippen molar-refractivity contribution in [2.24, 2.45) is 0 Å². The molecule has 0 radical (unpaired) electrons. The summed E-state index contributed by atoms with van der Waals surface area (Å²) >= 11 is 5.70. The number of ether oxygens (including phenoxy) is 1. The van der Waals surface area contributed by atoms with Crippen molar-refractivity contribution in [3.8, 4) is 5.75 Å². The maximum Gasteiger partial charge on any atom is 0.119 e. The number of imidazole rings is 1. The highest BCUT2D eigenvalue weighted by Gasteiger charge is 2.02. The molecule has 84 valence electrons. The molecule has 3 nitrogen and oxygen atoms in total. The van der Waals surface area contributed by atoms with Crippen molar-refractivity contribution in [2.75, 3.05) is 7.11 Å². The van der Waals surface area contributed by atoms with E-state index < -0.39 is 0 Å². The minimum absolute atomic E-state index is 0.463. The minimum Gasteiger partial charge on any atom is -0.497 e. The van der Waals surface area contributed by atoms with Crippen molar-refractivity contribution in [3.63, 3.8) is 0 Å².